The van der Waals surface area contributed by atoms with Crippen LogP contribution in [0.25, 0.3) is 0 Å². The standard InChI is InChI=1S/C21H24N2O5/c1-13(2)15-9-8-14(3)18(10-15)27-12-20(24)22-23-21(25)19-11-26-16-6-4-5-7-17(16)28-19/h4-10,13,19H,11-12H2,1-3H3,(H,22,24)(H,23,25). The summed E-state index contributed by atoms with van der Waals surface area (Å²) >= 11 is 0. The highest BCUT2D eigenvalue weighted by molar-refractivity contribution is 5.85. The Morgan fingerprint density at radius 3 is 2.64 bits per heavy atom. The van der Waals surface area contributed by atoms with Gasteiger partial charge in [-0.3, -0.25) is 20.4 Å². The van der Waals surface area contributed by atoms with Crippen LogP contribution in [-0.4, -0.2) is 31.1 Å². The molecule has 0 aromatic heterocycles. The van der Waals surface area contributed by atoms with Gasteiger partial charge in [-0.05, 0) is 42.2 Å². The normalized spacial score (nSPS) is 15.1. The maximum Gasteiger partial charge on any atom is 0.283 e. The van der Waals surface area contributed by atoms with Crippen LogP contribution in [0.4, 0.5) is 0 Å². The Balaban J connectivity index is 1.47. The fourth-order valence-corrected chi connectivity index (χ4v) is 2.67. The van der Waals surface area contributed by atoms with Crippen molar-refractivity contribution in [2.24, 2.45) is 0 Å². The number of hydrogen-bond acceptors (Lipinski definition) is 5. The zero-order valence-corrected chi connectivity index (χ0v) is 16.2. The van der Waals surface area contributed by atoms with E-state index in [1.807, 2.05) is 31.2 Å². The van der Waals surface area contributed by atoms with Crippen molar-refractivity contribution in [3.05, 3.63) is 53.6 Å². The molecule has 148 valence electrons. The fourth-order valence-electron chi connectivity index (χ4n) is 2.67. The van der Waals surface area contributed by atoms with Crippen molar-refractivity contribution in [2.45, 2.75) is 32.8 Å². The SMILES string of the molecule is Cc1ccc(C(C)C)cc1OCC(=O)NNC(=O)C1COc2ccccc2O1. The predicted octanol–water partition coefficient (Wildman–Crippen LogP) is 2.48. The fraction of sp³-hybridized carbons (Fsp3) is 0.333. The van der Waals surface area contributed by atoms with Gasteiger partial charge in [-0.15, -0.1) is 0 Å². The number of carbonyl (C=O) groups excluding carboxylic acids is 2. The molecule has 0 radical (unpaired) electrons. The van der Waals surface area contributed by atoms with Crippen molar-refractivity contribution >= 4 is 11.8 Å². The Morgan fingerprint density at radius 1 is 1.14 bits per heavy atom. The summed E-state index contributed by atoms with van der Waals surface area (Å²) < 4.78 is 16.7. The van der Waals surface area contributed by atoms with Gasteiger partial charge >= 0.3 is 0 Å². The van der Waals surface area contributed by atoms with Gasteiger partial charge in [0.25, 0.3) is 11.8 Å². The van der Waals surface area contributed by atoms with Crippen LogP contribution in [0.5, 0.6) is 17.2 Å². The first-order valence-electron chi connectivity index (χ1n) is 9.14. The summed E-state index contributed by atoms with van der Waals surface area (Å²) in [4.78, 5) is 24.2. The third-order valence-corrected chi connectivity index (χ3v) is 4.36. The van der Waals surface area contributed by atoms with E-state index >= 15 is 0 Å². The van der Waals surface area contributed by atoms with Crippen molar-refractivity contribution < 1.29 is 23.8 Å². The zero-order valence-electron chi connectivity index (χ0n) is 16.2. The number of carbonyl (C=O) groups is 2. The minimum atomic E-state index is -0.846. The van der Waals surface area contributed by atoms with E-state index in [0.29, 0.717) is 23.2 Å². The molecule has 2 amide bonds. The smallest absolute Gasteiger partial charge is 0.283 e. The Kier molecular flexibility index (Phi) is 6.03. The molecule has 1 atom stereocenters. The van der Waals surface area contributed by atoms with E-state index in [0.717, 1.165) is 11.1 Å². The predicted molar refractivity (Wildman–Crippen MR) is 103 cm³/mol. The van der Waals surface area contributed by atoms with Gasteiger partial charge in [0.05, 0.1) is 0 Å². The summed E-state index contributed by atoms with van der Waals surface area (Å²) in [5.74, 6) is 1.11. The van der Waals surface area contributed by atoms with Crippen molar-refractivity contribution in [1.82, 2.24) is 10.9 Å². The molecule has 0 aliphatic carbocycles. The minimum Gasteiger partial charge on any atom is -0.485 e. The van der Waals surface area contributed by atoms with Gasteiger partial charge in [-0.25, -0.2) is 0 Å². The highest BCUT2D eigenvalue weighted by atomic mass is 16.6. The molecule has 28 heavy (non-hydrogen) atoms. The molecular formula is C21H24N2O5. The van der Waals surface area contributed by atoms with E-state index < -0.39 is 17.9 Å². The summed E-state index contributed by atoms with van der Waals surface area (Å²) in [6.45, 7) is 5.94. The first-order valence-corrected chi connectivity index (χ1v) is 9.14. The van der Waals surface area contributed by atoms with Gasteiger partial charge in [-0.2, -0.15) is 0 Å². The second kappa shape index (κ2) is 8.65. The molecule has 0 fully saturated rings. The Hall–Kier alpha value is -3.22. The van der Waals surface area contributed by atoms with Crippen LogP contribution in [0.1, 0.15) is 30.9 Å². The van der Waals surface area contributed by atoms with Gasteiger partial charge in [0.1, 0.15) is 12.4 Å². The molecule has 0 spiro atoms. The van der Waals surface area contributed by atoms with Crippen LogP contribution >= 0.6 is 0 Å². The molecule has 1 heterocycles. The van der Waals surface area contributed by atoms with Gasteiger partial charge in [-0.1, -0.05) is 38.1 Å². The van der Waals surface area contributed by atoms with E-state index in [1.54, 1.807) is 18.2 Å². The van der Waals surface area contributed by atoms with E-state index in [1.165, 1.54) is 0 Å². The zero-order chi connectivity index (χ0) is 20.1. The van der Waals surface area contributed by atoms with E-state index in [2.05, 4.69) is 24.7 Å². The van der Waals surface area contributed by atoms with Crippen molar-refractivity contribution in [1.29, 1.82) is 0 Å². The first kappa shape index (κ1) is 19.5. The molecule has 2 aromatic carbocycles. The van der Waals surface area contributed by atoms with Crippen LogP contribution in [0.15, 0.2) is 42.5 Å². The highest BCUT2D eigenvalue weighted by Gasteiger charge is 2.27. The summed E-state index contributed by atoms with van der Waals surface area (Å²) in [5.41, 5.74) is 6.74. The van der Waals surface area contributed by atoms with E-state index in [9.17, 15) is 9.59 Å². The topological polar surface area (TPSA) is 85.9 Å². The monoisotopic (exact) mass is 384 g/mol. The van der Waals surface area contributed by atoms with Gasteiger partial charge in [0.2, 0.25) is 6.10 Å². The second-order valence-electron chi connectivity index (χ2n) is 6.87. The number of para-hydroxylation sites is 2. The van der Waals surface area contributed by atoms with E-state index in [-0.39, 0.29) is 13.2 Å². The van der Waals surface area contributed by atoms with Crippen LogP contribution in [0, 0.1) is 6.92 Å². The van der Waals surface area contributed by atoms with Crippen molar-refractivity contribution in [3.8, 4) is 17.2 Å². The molecule has 7 nitrogen and oxygen atoms in total. The van der Waals surface area contributed by atoms with Crippen LogP contribution in [0.3, 0.4) is 0 Å². The molecule has 2 N–H and O–H groups in total. The first-order chi connectivity index (χ1) is 13.4. The van der Waals surface area contributed by atoms with E-state index in [4.69, 9.17) is 14.2 Å². The Labute approximate surface area is 164 Å². The number of rotatable bonds is 5. The maximum absolute atomic E-state index is 12.2. The molecule has 1 unspecified atom stereocenters. The summed E-state index contributed by atoms with van der Waals surface area (Å²) in [6.07, 6.45) is -0.846. The number of fused-ring (bicyclic) bond motifs is 1. The maximum atomic E-state index is 12.2. The van der Waals surface area contributed by atoms with Crippen molar-refractivity contribution in [2.75, 3.05) is 13.2 Å². The summed E-state index contributed by atoms with van der Waals surface area (Å²) in [7, 11) is 0. The number of ether oxygens (including phenoxy) is 3. The minimum absolute atomic E-state index is 0.0659. The van der Waals surface area contributed by atoms with Gasteiger partial charge in [0, 0.05) is 0 Å². The average Bonchev–Trinajstić information content (AvgIpc) is 2.70. The summed E-state index contributed by atoms with van der Waals surface area (Å²) in [6, 6.07) is 13.0. The Morgan fingerprint density at radius 2 is 1.89 bits per heavy atom. The van der Waals surface area contributed by atoms with Crippen LogP contribution in [-0.2, 0) is 9.59 Å². The molecule has 1 aliphatic heterocycles. The lowest BCUT2D eigenvalue weighted by Crippen LogP contribution is -2.51. The third kappa shape index (κ3) is 4.73. The molecular weight excluding hydrogens is 360 g/mol. The molecule has 3 rings (SSSR count). The average molecular weight is 384 g/mol. The third-order valence-electron chi connectivity index (χ3n) is 4.36. The number of nitrogens with one attached hydrogen (secondary N) is 2. The number of amides is 2. The molecule has 0 saturated heterocycles. The lowest BCUT2D eigenvalue weighted by atomic mass is 10.0. The summed E-state index contributed by atoms with van der Waals surface area (Å²) in [5, 5.41) is 0. The number of aryl methyl sites for hydroxylation is 1. The van der Waals surface area contributed by atoms with Crippen LogP contribution < -0.4 is 25.1 Å². The highest BCUT2D eigenvalue weighted by Crippen LogP contribution is 2.30. The number of hydrogen-bond donors (Lipinski definition) is 2. The molecule has 7 heteroatoms. The van der Waals surface area contributed by atoms with Gasteiger partial charge < -0.3 is 14.2 Å². The molecule has 2 aromatic rings. The lowest BCUT2D eigenvalue weighted by molar-refractivity contribution is -0.135. The molecule has 1 aliphatic rings. The largest absolute Gasteiger partial charge is 0.485 e. The molecule has 0 bridgehead atoms. The number of hydrazine groups is 1. The Bertz CT molecular complexity index is 866. The van der Waals surface area contributed by atoms with Gasteiger partial charge in [0.15, 0.2) is 18.1 Å². The second-order valence-corrected chi connectivity index (χ2v) is 6.87. The quantitative estimate of drug-likeness (QED) is 0.774. The van der Waals surface area contributed by atoms with Crippen LogP contribution in [0.2, 0.25) is 0 Å². The molecule has 0 saturated carbocycles. The number of benzene rings is 2. The van der Waals surface area contributed by atoms with Crippen molar-refractivity contribution in [3.63, 3.8) is 0 Å². The lowest BCUT2D eigenvalue weighted by Gasteiger charge is -2.25.